The van der Waals surface area contributed by atoms with E-state index in [0.29, 0.717) is 22.8 Å². The van der Waals surface area contributed by atoms with Crippen molar-refractivity contribution in [2.75, 3.05) is 7.11 Å². The number of halogens is 1. The summed E-state index contributed by atoms with van der Waals surface area (Å²) in [5.41, 5.74) is 1.79. The van der Waals surface area contributed by atoms with Crippen molar-refractivity contribution in [1.82, 2.24) is 5.32 Å². The summed E-state index contributed by atoms with van der Waals surface area (Å²) in [5, 5.41) is 12.7. The van der Waals surface area contributed by atoms with E-state index in [1.54, 1.807) is 24.3 Å². The van der Waals surface area contributed by atoms with Gasteiger partial charge in [-0.15, -0.1) is 0 Å². The van der Waals surface area contributed by atoms with Crippen molar-refractivity contribution < 1.29 is 23.9 Å². The van der Waals surface area contributed by atoms with Crippen LogP contribution in [0.15, 0.2) is 66.8 Å². The number of carboxylic acids is 1. The molecule has 0 heterocycles. The van der Waals surface area contributed by atoms with Gasteiger partial charge < -0.3 is 19.6 Å². The van der Waals surface area contributed by atoms with Crippen LogP contribution in [0.5, 0.6) is 5.75 Å². The van der Waals surface area contributed by atoms with E-state index in [1.807, 2.05) is 18.2 Å². The molecule has 0 spiro atoms. The third-order valence-corrected chi connectivity index (χ3v) is 11.9. The fourth-order valence-electron chi connectivity index (χ4n) is 3.68. The second-order valence-electron chi connectivity index (χ2n) is 11.3. The summed E-state index contributed by atoms with van der Waals surface area (Å²) in [6.45, 7) is 13.1. The van der Waals surface area contributed by atoms with E-state index >= 15 is 0 Å². The largest absolute Gasteiger partial charge is 0.495 e. The molecule has 0 unspecified atom stereocenters. The van der Waals surface area contributed by atoms with Gasteiger partial charge in [-0.2, -0.15) is 0 Å². The van der Waals surface area contributed by atoms with E-state index in [9.17, 15) is 14.7 Å². The fraction of sp³-hybridized carbons (Fsp3) is 0.419. The third kappa shape index (κ3) is 10.3. The van der Waals surface area contributed by atoms with Gasteiger partial charge in [0, 0.05) is 6.42 Å². The van der Waals surface area contributed by atoms with E-state index in [2.05, 4.69) is 70.4 Å². The van der Waals surface area contributed by atoms with Crippen LogP contribution in [0.25, 0.3) is 6.08 Å². The number of aliphatic carboxylic acids is 1. The highest BCUT2D eigenvalue weighted by atomic mass is 35.5. The molecular weight excluding hydrogens is 530 g/mol. The number of nitrogens with one attached hydrogen (secondary N) is 1. The second kappa shape index (κ2) is 14.5. The maximum absolute atomic E-state index is 12.7. The zero-order valence-corrected chi connectivity index (χ0v) is 25.8. The van der Waals surface area contributed by atoms with Crippen LogP contribution in [-0.2, 0) is 20.4 Å². The Labute approximate surface area is 239 Å². The summed E-state index contributed by atoms with van der Waals surface area (Å²) in [7, 11) is -0.568. The van der Waals surface area contributed by atoms with Crippen molar-refractivity contribution in [3.63, 3.8) is 0 Å². The Morgan fingerprint density at radius 3 is 2.36 bits per heavy atom. The molecule has 0 saturated heterocycles. The van der Waals surface area contributed by atoms with Crippen molar-refractivity contribution in [2.24, 2.45) is 5.92 Å². The molecule has 1 amide bonds. The maximum Gasteiger partial charge on any atom is 0.326 e. The Bertz CT molecular complexity index is 1160. The first-order valence-corrected chi connectivity index (χ1v) is 16.5. The number of amides is 1. The molecule has 2 N–H and O–H groups in total. The summed E-state index contributed by atoms with van der Waals surface area (Å²) in [4.78, 5) is 24.5. The van der Waals surface area contributed by atoms with Gasteiger partial charge in [0.15, 0.2) is 8.32 Å². The summed E-state index contributed by atoms with van der Waals surface area (Å²) >= 11 is 6.17. The Kier molecular flexibility index (Phi) is 12.0. The lowest BCUT2D eigenvalue weighted by atomic mass is 10.00. The number of carbonyl (C=O) groups is 2. The van der Waals surface area contributed by atoms with Gasteiger partial charge in [0.2, 0.25) is 5.91 Å². The van der Waals surface area contributed by atoms with Crippen LogP contribution in [0.2, 0.25) is 23.2 Å². The van der Waals surface area contributed by atoms with E-state index in [0.717, 1.165) is 5.56 Å². The minimum atomic E-state index is -2.08. The van der Waals surface area contributed by atoms with Gasteiger partial charge in [0.25, 0.3) is 0 Å². The normalized spacial score (nSPS) is 14.8. The molecule has 0 aliphatic rings. The molecule has 2 aromatic rings. The van der Waals surface area contributed by atoms with Crippen LogP contribution >= 0.6 is 11.6 Å². The average molecular weight is 572 g/mol. The zero-order valence-electron chi connectivity index (χ0n) is 24.0. The van der Waals surface area contributed by atoms with Gasteiger partial charge in [-0.25, -0.2) is 4.79 Å². The molecule has 0 fully saturated rings. The van der Waals surface area contributed by atoms with Crippen LogP contribution in [0, 0.1) is 5.92 Å². The molecule has 6 nitrogen and oxygen atoms in total. The molecule has 0 bridgehead atoms. The lowest BCUT2D eigenvalue weighted by molar-refractivity contribution is -0.141. The zero-order chi connectivity index (χ0) is 29.2. The van der Waals surface area contributed by atoms with E-state index in [1.165, 1.54) is 13.2 Å². The van der Waals surface area contributed by atoms with Crippen LogP contribution in [-0.4, -0.2) is 44.6 Å². The number of hydrogen-bond donors (Lipinski definition) is 2. The predicted molar refractivity (Wildman–Crippen MR) is 162 cm³/mol. The third-order valence-electron chi connectivity index (χ3n) is 7.14. The average Bonchev–Trinajstić information content (AvgIpc) is 2.86. The molecule has 8 heteroatoms. The van der Waals surface area contributed by atoms with Gasteiger partial charge in [-0.05, 0) is 59.8 Å². The van der Waals surface area contributed by atoms with Gasteiger partial charge in [0.1, 0.15) is 11.8 Å². The van der Waals surface area contributed by atoms with E-state index < -0.39 is 26.2 Å². The monoisotopic (exact) mass is 571 g/mol. The van der Waals surface area contributed by atoms with Gasteiger partial charge >= 0.3 is 5.97 Å². The highest BCUT2D eigenvalue weighted by Gasteiger charge is 2.39. The Hall–Kier alpha value is -2.87. The topological polar surface area (TPSA) is 84.9 Å². The highest BCUT2D eigenvalue weighted by molar-refractivity contribution is 6.74. The summed E-state index contributed by atoms with van der Waals surface area (Å²) < 4.78 is 11.9. The fourth-order valence-corrected chi connectivity index (χ4v) is 5.38. The first-order chi connectivity index (χ1) is 18.2. The van der Waals surface area contributed by atoms with Crippen LogP contribution in [0.3, 0.4) is 0 Å². The number of methoxy groups -OCH3 is 1. The number of carbonyl (C=O) groups excluding carboxylic acids is 1. The van der Waals surface area contributed by atoms with Crippen molar-refractivity contribution in [3.05, 3.63) is 82.9 Å². The van der Waals surface area contributed by atoms with Crippen LogP contribution in [0.1, 0.15) is 45.2 Å². The van der Waals surface area contributed by atoms with Crippen molar-refractivity contribution in [1.29, 1.82) is 0 Å². The summed E-state index contributed by atoms with van der Waals surface area (Å²) in [6, 6.07) is 14.0. The van der Waals surface area contributed by atoms with Crippen molar-refractivity contribution in [3.8, 4) is 5.75 Å². The molecule has 3 atom stereocenters. The molecular formula is C31H42ClNO5Si. The minimum Gasteiger partial charge on any atom is -0.495 e. The molecule has 39 heavy (non-hydrogen) atoms. The maximum atomic E-state index is 12.7. The van der Waals surface area contributed by atoms with Crippen LogP contribution in [0.4, 0.5) is 0 Å². The number of ether oxygens (including phenoxy) is 1. The molecule has 2 aromatic carbocycles. The van der Waals surface area contributed by atoms with Crippen molar-refractivity contribution in [2.45, 2.75) is 70.8 Å². The standard InChI is InChI=1S/C31H42ClNO5Si/c1-22(16-17-23-12-9-8-10-13-23)27(38-39(6,7)31(2,3)4)14-11-15-29(34)33-26(30(35)36)21-24-18-19-28(37-5)25(32)20-24/h8-13,15-20,22,26-27H,14,21H2,1-7H3,(H,33,34)(H,35,36)/b15-11+,17-16+/t22-,26-,27+/m1/s1. The summed E-state index contributed by atoms with van der Waals surface area (Å²) in [5.74, 6) is -0.997. The number of hydrogen-bond acceptors (Lipinski definition) is 4. The molecule has 2 rings (SSSR count). The number of rotatable bonds is 13. The lowest BCUT2D eigenvalue weighted by Gasteiger charge is -2.40. The lowest BCUT2D eigenvalue weighted by Crippen LogP contribution is -2.45. The molecule has 0 aromatic heterocycles. The van der Waals surface area contributed by atoms with Gasteiger partial charge in [-0.3, -0.25) is 4.79 Å². The first kappa shape index (κ1) is 32.3. The van der Waals surface area contributed by atoms with Crippen LogP contribution < -0.4 is 10.1 Å². The molecule has 0 aliphatic carbocycles. The minimum absolute atomic E-state index is 0.0360. The SMILES string of the molecule is COc1ccc(C[C@@H](NC(=O)/C=C/C[C@H](O[Si](C)(C)C(C)(C)C)[C@H](C)/C=C/c2ccccc2)C(=O)O)cc1Cl. The number of benzene rings is 2. The molecule has 0 saturated carbocycles. The Morgan fingerprint density at radius 1 is 1.13 bits per heavy atom. The predicted octanol–water partition coefficient (Wildman–Crippen LogP) is 7.15. The quantitative estimate of drug-likeness (QED) is 0.197. The highest BCUT2D eigenvalue weighted by Crippen LogP contribution is 2.38. The Balaban J connectivity index is 2.11. The molecule has 212 valence electrons. The summed E-state index contributed by atoms with van der Waals surface area (Å²) in [6.07, 6.45) is 7.87. The van der Waals surface area contributed by atoms with Gasteiger partial charge in [-0.1, -0.05) is 93.9 Å². The van der Waals surface area contributed by atoms with E-state index in [-0.39, 0.29) is 23.5 Å². The molecule has 0 aliphatic heterocycles. The smallest absolute Gasteiger partial charge is 0.326 e. The Morgan fingerprint density at radius 2 is 1.79 bits per heavy atom. The van der Waals surface area contributed by atoms with Crippen molar-refractivity contribution >= 4 is 37.9 Å². The molecule has 0 radical (unpaired) electrons. The number of carboxylic acid groups (broad SMARTS) is 1. The van der Waals surface area contributed by atoms with E-state index in [4.69, 9.17) is 20.8 Å². The van der Waals surface area contributed by atoms with Gasteiger partial charge in [0.05, 0.1) is 18.2 Å². The second-order valence-corrected chi connectivity index (χ2v) is 16.4. The first-order valence-electron chi connectivity index (χ1n) is 13.2.